The van der Waals surface area contributed by atoms with Crippen LogP contribution in [0.25, 0.3) is 0 Å². The molecule has 1 aliphatic heterocycles. The van der Waals surface area contributed by atoms with Crippen molar-refractivity contribution in [3.05, 3.63) is 33.3 Å². The minimum absolute atomic E-state index is 0.264. The third-order valence-corrected chi connectivity index (χ3v) is 5.16. The number of piperidine rings is 1. The van der Waals surface area contributed by atoms with Crippen molar-refractivity contribution in [1.82, 2.24) is 10.2 Å². The molecule has 3 nitrogen and oxygen atoms in total. The summed E-state index contributed by atoms with van der Waals surface area (Å²) < 4.78 is 1.02. The summed E-state index contributed by atoms with van der Waals surface area (Å²) >= 11 is 9.58. The fourth-order valence-electron chi connectivity index (χ4n) is 2.99. The molecule has 0 unspecified atom stereocenters. The summed E-state index contributed by atoms with van der Waals surface area (Å²) in [6, 6.07) is 6.14. The molecule has 0 aromatic heterocycles. The monoisotopic (exact) mass is 386 g/mol. The first-order chi connectivity index (χ1) is 10.6. The van der Waals surface area contributed by atoms with Crippen LogP contribution in [-0.4, -0.2) is 36.5 Å². The lowest BCUT2D eigenvalue weighted by atomic mass is 10.0. The number of hydrogen-bond donors (Lipinski definition) is 1. The molecule has 2 rings (SSSR count). The van der Waals surface area contributed by atoms with Gasteiger partial charge in [-0.15, -0.1) is 0 Å². The Morgan fingerprint density at radius 2 is 2.14 bits per heavy atom. The average Bonchev–Trinajstić information content (AvgIpc) is 2.54. The van der Waals surface area contributed by atoms with Gasteiger partial charge in [0.1, 0.15) is 0 Å². The maximum absolute atomic E-state index is 12.7. The molecule has 5 heteroatoms. The van der Waals surface area contributed by atoms with E-state index in [1.165, 1.54) is 0 Å². The van der Waals surface area contributed by atoms with E-state index in [4.69, 9.17) is 11.6 Å². The number of hydrogen-bond acceptors (Lipinski definition) is 2. The number of benzene rings is 1. The zero-order chi connectivity index (χ0) is 15.9. The van der Waals surface area contributed by atoms with Crippen LogP contribution in [0.15, 0.2) is 22.7 Å². The van der Waals surface area contributed by atoms with E-state index < -0.39 is 0 Å². The molecule has 1 aromatic rings. The lowest BCUT2D eigenvalue weighted by Crippen LogP contribution is -2.46. The second kappa shape index (κ2) is 8.90. The van der Waals surface area contributed by atoms with Crippen LogP contribution in [0.5, 0.6) is 0 Å². The lowest BCUT2D eigenvalue weighted by molar-refractivity contribution is -0.134. The number of aryl methyl sites for hydroxylation is 1. The summed E-state index contributed by atoms with van der Waals surface area (Å²) in [7, 11) is 0. The molecule has 122 valence electrons. The molecule has 1 aromatic carbocycles. The molecule has 1 heterocycles. The highest BCUT2D eigenvalue weighted by Crippen LogP contribution is 2.23. The molecule has 0 bridgehead atoms. The van der Waals surface area contributed by atoms with Gasteiger partial charge in [0.2, 0.25) is 5.91 Å². The molecule has 0 spiro atoms. The van der Waals surface area contributed by atoms with Crippen molar-refractivity contribution in [2.24, 2.45) is 0 Å². The number of halogens is 2. The standard InChI is InChI=1S/C17H24BrClN2O/c1-2-11-21(15-7-9-20-10-8-15)17(22)6-3-13-12-14(19)4-5-16(13)18/h4-5,12,15,20H,2-3,6-11H2,1H3. The number of nitrogens with zero attached hydrogens (tertiary/aromatic N) is 1. The first kappa shape index (κ1) is 17.8. The number of rotatable bonds is 6. The van der Waals surface area contributed by atoms with Gasteiger partial charge in [0.15, 0.2) is 0 Å². The molecular formula is C17H24BrClN2O. The molecule has 0 radical (unpaired) electrons. The van der Waals surface area contributed by atoms with Gasteiger partial charge < -0.3 is 10.2 Å². The molecule has 0 aliphatic carbocycles. The summed E-state index contributed by atoms with van der Waals surface area (Å²) in [5, 5.41) is 4.08. The Morgan fingerprint density at radius 3 is 2.82 bits per heavy atom. The number of carbonyl (C=O) groups is 1. The van der Waals surface area contributed by atoms with Crippen molar-refractivity contribution in [2.45, 2.75) is 45.1 Å². The largest absolute Gasteiger partial charge is 0.340 e. The molecule has 22 heavy (non-hydrogen) atoms. The summed E-state index contributed by atoms with van der Waals surface area (Å²) in [6.45, 7) is 5.02. The molecular weight excluding hydrogens is 364 g/mol. The third-order valence-electron chi connectivity index (χ3n) is 4.15. The smallest absolute Gasteiger partial charge is 0.223 e. The van der Waals surface area contributed by atoms with Gasteiger partial charge in [-0.05, 0) is 62.5 Å². The van der Waals surface area contributed by atoms with Crippen molar-refractivity contribution in [1.29, 1.82) is 0 Å². The van der Waals surface area contributed by atoms with Crippen molar-refractivity contribution in [2.75, 3.05) is 19.6 Å². The van der Waals surface area contributed by atoms with Crippen LogP contribution < -0.4 is 5.32 Å². The van der Waals surface area contributed by atoms with Crippen molar-refractivity contribution in [3.8, 4) is 0 Å². The van der Waals surface area contributed by atoms with Crippen molar-refractivity contribution in [3.63, 3.8) is 0 Å². The van der Waals surface area contributed by atoms with Gasteiger partial charge in [0.05, 0.1) is 0 Å². The second-order valence-electron chi connectivity index (χ2n) is 5.80. The van der Waals surface area contributed by atoms with Gasteiger partial charge in [0.25, 0.3) is 0 Å². The Bertz CT molecular complexity index is 503. The molecule has 1 N–H and O–H groups in total. The van der Waals surface area contributed by atoms with E-state index in [0.29, 0.717) is 12.5 Å². The van der Waals surface area contributed by atoms with E-state index in [1.54, 1.807) is 0 Å². The summed E-state index contributed by atoms with van der Waals surface area (Å²) in [5.74, 6) is 0.264. The van der Waals surface area contributed by atoms with E-state index in [2.05, 4.69) is 33.1 Å². The Hall–Kier alpha value is -0.580. The highest BCUT2D eigenvalue weighted by atomic mass is 79.9. The van der Waals surface area contributed by atoms with Crippen LogP contribution >= 0.6 is 27.5 Å². The molecule has 0 atom stereocenters. The van der Waals surface area contributed by atoms with Gasteiger partial charge in [-0.2, -0.15) is 0 Å². The molecule has 1 aliphatic rings. The predicted molar refractivity (Wildman–Crippen MR) is 95.4 cm³/mol. The van der Waals surface area contributed by atoms with Crippen LogP contribution in [0.1, 0.15) is 38.2 Å². The maximum Gasteiger partial charge on any atom is 0.223 e. The lowest BCUT2D eigenvalue weighted by Gasteiger charge is -2.34. The average molecular weight is 388 g/mol. The van der Waals surface area contributed by atoms with Gasteiger partial charge in [0, 0.05) is 28.5 Å². The summed E-state index contributed by atoms with van der Waals surface area (Å²) in [4.78, 5) is 14.8. The number of carbonyl (C=O) groups excluding carboxylic acids is 1. The van der Waals surface area contributed by atoms with Crippen LogP contribution in [-0.2, 0) is 11.2 Å². The van der Waals surface area contributed by atoms with E-state index in [9.17, 15) is 4.79 Å². The van der Waals surface area contributed by atoms with Crippen LogP contribution in [0, 0.1) is 0 Å². The first-order valence-electron chi connectivity index (χ1n) is 8.06. The van der Waals surface area contributed by atoms with Gasteiger partial charge in [-0.3, -0.25) is 4.79 Å². The number of nitrogens with one attached hydrogen (secondary N) is 1. The highest BCUT2D eigenvalue weighted by molar-refractivity contribution is 9.10. The van der Waals surface area contributed by atoms with Crippen LogP contribution in [0.3, 0.4) is 0 Å². The summed E-state index contributed by atoms with van der Waals surface area (Å²) in [5.41, 5.74) is 1.10. The Kier molecular flexibility index (Phi) is 7.19. The second-order valence-corrected chi connectivity index (χ2v) is 7.09. The fourth-order valence-corrected chi connectivity index (χ4v) is 3.63. The molecule has 1 saturated heterocycles. The SMILES string of the molecule is CCCN(C(=O)CCc1cc(Cl)ccc1Br)C1CCNCC1. The third kappa shape index (κ3) is 4.97. The van der Waals surface area contributed by atoms with E-state index >= 15 is 0 Å². The predicted octanol–water partition coefficient (Wildman–Crippen LogP) is 4.03. The first-order valence-corrected chi connectivity index (χ1v) is 9.23. The Labute approximate surface area is 146 Å². The fraction of sp³-hybridized carbons (Fsp3) is 0.588. The number of amides is 1. The minimum Gasteiger partial charge on any atom is -0.340 e. The summed E-state index contributed by atoms with van der Waals surface area (Å²) in [6.07, 6.45) is 4.41. The van der Waals surface area contributed by atoms with Crippen LogP contribution in [0.2, 0.25) is 5.02 Å². The van der Waals surface area contributed by atoms with Crippen molar-refractivity contribution >= 4 is 33.4 Å². The van der Waals surface area contributed by atoms with Gasteiger partial charge in [-0.1, -0.05) is 34.5 Å². The molecule has 1 amide bonds. The Balaban J connectivity index is 1.96. The quantitative estimate of drug-likeness (QED) is 0.799. The van der Waals surface area contributed by atoms with Crippen LogP contribution in [0.4, 0.5) is 0 Å². The topological polar surface area (TPSA) is 32.3 Å². The van der Waals surface area contributed by atoms with E-state index in [-0.39, 0.29) is 5.91 Å². The molecule has 1 fully saturated rings. The minimum atomic E-state index is 0.264. The molecule has 0 saturated carbocycles. The maximum atomic E-state index is 12.7. The van der Waals surface area contributed by atoms with E-state index in [0.717, 1.165) is 60.4 Å². The van der Waals surface area contributed by atoms with Gasteiger partial charge in [-0.25, -0.2) is 0 Å². The normalized spacial score (nSPS) is 15.8. The van der Waals surface area contributed by atoms with Gasteiger partial charge >= 0.3 is 0 Å². The van der Waals surface area contributed by atoms with E-state index in [1.807, 2.05) is 18.2 Å². The zero-order valence-electron chi connectivity index (χ0n) is 13.1. The van der Waals surface area contributed by atoms with Crippen molar-refractivity contribution < 1.29 is 4.79 Å². The highest BCUT2D eigenvalue weighted by Gasteiger charge is 2.24. The Morgan fingerprint density at radius 1 is 1.41 bits per heavy atom. The zero-order valence-corrected chi connectivity index (χ0v) is 15.4.